The summed E-state index contributed by atoms with van der Waals surface area (Å²) >= 11 is 0. The van der Waals surface area contributed by atoms with Gasteiger partial charge in [-0.05, 0) is 30.2 Å². The third-order valence-electron chi connectivity index (χ3n) is 3.43. The van der Waals surface area contributed by atoms with Gasteiger partial charge in [0.25, 0.3) is 0 Å². The Hall–Kier alpha value is -2.70. The van der Waals surface area contributed by atoms with Crippen LogP contribution in [0.2, 0.25) is 0 Å². The minimum absolute atomic E-state index is 0.187. The van der Waals surface area contributed by atoms with Crippen LogP contribution in [0, 0.1) is 11.6 Å². The van der Waals surface area contributed by atoms with E-state index in [1.54, 1.807) is 12.1 Å². The van der Waals surface area contributed by atoms with Gasteiger partial charge in [-0.2, -0.15) is 13.2 Å². The number of esters is 1. The second-order valence-corrected chi connectivity index (χ2v) is 5.51. The highest BCUT2D eigenvalue weighted by atomic mass is 19.4. The Bertz CT molecular complexity index is 785. The fourth-order valence-electron chi connectivity index (χ4n) is 2.22. The molecule has 138 valence electrons. The fraction of sp³-hybridized carbons (Fsp3) is 0.211. The van der Waals surface area contributed by atoms with E-state index in [0.717, 1.165) is 18.4 Å². The van der Waals surface area contributed by atoms with Gasteiger partial charge in [0.1, 0.15) is 17.4 Å². The van der Waals surface area contributed by atoms with Crippen molar-refractivity contribution in [1.82, 2.24) is 0 Å². The van der Waals surface area contributed by atoms with Crippen LogP contribution in [0.1, 0.15) is 34.8 Å². The van der Waals surface area contributed by atoms with E-state index >= 15 is 0 Å². The topological polar surface area (TPSA) is 26.3 Å². The summed E-state index contributed by atoms with van der Waals surface area (Å²) in [5.74, 6) is -3.81. The SMILES string of the molecule is CCCc1ccc(C(=O)Oc2cc(F)c(C=CC(F)(F)F)c(F)c2)cc1. The molecule has 0 N–H and O–H groups in total. The highest BCUT2D eigenvalue weighted by Gasteiger charge is 2.23. The van der Waals surface area contributed by atoms with Gasteiger partial charge in [-0.1, -0.05) is 25.5 Å². The average Bonchev–Trinajstić information content (AvgIpc) is 2.54. The molecule has 0 atom stereocenters. The van der Waals surface area contributed by atoms with E-state index in [2.05, 4.69) is 0 Å². The number of aryl methyl sites for hydroxylation is 1. The molecule has 0 radical (unpaired) electrons. The van der Waals surface area contributed by atoms with Crippen molar-refractivity contribution in [2.45, 2.75) is 25.9 Å². The number of allylic oxidation sites excluding steroid dienone is 1. The first-order chi connectivity index (χ1) is 12.2. The van der Waals surface area contributed by atoms with E-state index in [1.807, 2.05) is 6.92 Å². The Morgan fingerprint density at radius 3 is 2.15 bits per heavy atom. The van der Waals surface area contributed by atoms with Gasteiger partial charge in [0.15, 0.2) is 0 Å². The van der Waals surface area contributed by atoms with Crippen molar-refractivity contribution in [1.29, 1.82) is 0 Å². The van der Waals surface area contributed by atoms with Crippen LogP contribution < -0.4 is 4.74 Å². The molecule has 0 amide bonds. The largest absolute Gasteiger partial charge is 0.423 e. The summed E-state index contributed by atoms with van der Waals surface area (Å²) in [4.78, 5) is 12.0. The van der Waals surface area contributed by atoms with Crippen LogP contribution in [-0.4, -0.2) is 12.1 Å². The average molecular weight is 370 g/mol. The third-order valence-corrected chi connectivity index (χ3v) is 3.43. The van der Waals surface area contributed by atoms with Crippen molar-refractivity contribution in [2.24, 2.45) is 0 Å². The van der Waals surface area contributed by atoms with Crippen LogP contribution in [0.5, 0.6) is 5.75 Å². The lowest BCUT2D eigenvalue weighted by atomic mass is 10.1. The Balaban J connectivity index is 2.17. The number of hydrogen-bond acceptors (Lipinski definition) is 2. The maximum atomic E-state index is 13.8. The van der Waals surface area contributed by atoms with Gasteiger partial charge in [0, 0.05) is 23.8 Å². The fourth-order valence-corrected chi connectivity index (χ4v) is 2.22. The molecule has 0 spiro atoms. The van der Waals surface area contributed by atoms with Gasteiger partial charge in [-0.15, -0.1) is 0 Å². The molecule has 0 aliphatic carbocycles. The predicted octanol–water partition coefficient (Wildman–Crippen LogP) is 5.71. The predicted molar refractivity (Wildman–Crippen MR) is 86.8 cm³/mol. The van der Waals surface area contributed by atoms with Gasteiger partial charge in [-0.3, -0.25) is 0 Å². The number of benzene rings is 2. The molecular weight excluding hydrogens is 355 g/mol. The normalized spacial score (nSPS) is 11.8. The van der Waals surface area contributed by atoms with Crippen molar-refractivity contribution in [2.75, 3.05) is 0 Å². The van der Waals surface area contributed by atoms with Crippen LogP contribution in [0.25, 0.3) is 6.08 Å². The van der Waals surface area contributed by atoms with E-state index in [-0.39, 0.29) is 17.7 Å². The Kier molecular flexibility index (Phi) is 6.13. The Labute approximate surface area is 146 Å². The summed E-state index contributed by atoms with van der Waals surface area (Å²) in [6, 6.07) is 7.85. The van der Waals surface area contributed by atoms with Crippen LogP contribution in [-0.2, 0) is 6.42 Å². The summed E-state index contributed by atoms with van der Waals surface area (Å²) in [6.45, 7) is 2.01. The van der Waals surface area contributed by atoms with Gasteiger partial charge < -0.3 is 4.74 Å². The molecule has 0 aliphatic rings. The minimum atomic E-state index is -4.70. The van der Waals surface area contributed by atoms with Crippen molar-refractivity contribution in [3.8, 4) is 5.75 Å². The monoisotopic (exact) mass is 370 g/mol. The van der Waals surface area contributed by atoms with E-state index in [0.29, 0.717) is 12.1 Å². The molecule has 0 unspecified atom stereocenters. The van der Waals surface area contributed by atoms with Crippen molar-refractivity contribution < 1.29 is 31.5 Å². The molecule has 0 aliphatic heterocycles. The van der Waals surface area contributed by atoms with Crippen molar-refractivity contribution >= 4 is 12.0 Å². The molecule has 2 rings (SSSR count). The van der Waals surface area contributed by atoms with Gasteiger partial charge in [-0.25, -0.2) is 13.6 Å². The lowest BCUT2D eigenvalue weighted by Gasteiger charge is -2.08. The van der Waals surface area contributed by atoms with Gasteiger partial charge in [0.2, 0.25) is 0 Å². The molecular formula is C19H15F5O2. The standard InChI is InChI=1S/C19H15F5O2/c1-2-3-12-4-6-13(7-5-12)18(25)26-14-10-16(20)15(17(21)11-14)8-9-19(22,23)24/h4-11H,2-3H2,1H3. The Morgan fingerprint density at radius 2 is 1.65 bits per heavy atom. The second kappa shape index (κ2) is 8.12. The number of ether oxygens (including phenoxy) is 1. The van der Waals surface area contributed by atoms with E-state index in [4.69, 9.17) is 4.74 Å². The van der Waals surface area contributed by atoms with Crippen molar-refractivity contribution in [3.63, 3.8) is 0 Å². The smallest absolute Gasteiger partial charge is 0.409 e. The molecule has 2 aromatic rings. The second-order valence-electron chi connectivity index (χ2n) is 5.51. The number of hydrogen-bond donors (Lipinski definition) is 0. The minimum Gasteiger partial charge on any atom is -0.423 e. The number of carbonyl (C=O) groups is 1. The molecule has 2 nitrogen and oxygen atoms in total. The molecule has 0 heterocycles. The summed E-state index contributed by atoms with van der Waals surface area (Å²) < 4.78 is 68.9. The summed E-state index contributed by atoms with van der Waals surface area (Å²) in [7, 11) is 0. The summed E-state index contributed by atoms with van der Waals surface area (Å²) in [6.07, 6.45) is -2.91. The van der Waals surface area contributed by atoms with E-state index in [1.165, 1.54) is 12.1 Å². The zero-order valence-corrected chi connectivity index (χ0v) is 13.7. The molecule has 2 aromatic carbocycles. The molecule has 0 saturated carbocycles. The van der Waals surface area contributed by atoms with E-state index < -0.39 is 35.1 Å². The molecule has 7 heteroatoms. The molecule has 0 saturated heterocycles. The van der Waals surface area contributed by atoms with Crippen LogP contribution >= 0.6 is 0 Å². The molecule has 0 bridgehead atoms. The maximum absolute atomic E-state index is 13.8. The Morgan fingerprint density at radius 1 is 1.08 bits per heavy atom. The first-order valence-electron chi connectivity index (χ1n) is 7.75. The van der Waals surface area contributed by atoms with Crippen molar-refractivity contribution in [3.05, 3.63) is 70.8 Å². The third kappa shape index (κ3) is 5.40. The zero-order valence-electron chi connectivity index (χ0n) is 13.7. The van der Waals surface area contributed by atoms with Gasteiger partial charge >= 0.3 is 12.1 Å². The van der Waals surface area contributed by atoms with Crippen LogP contribution in [0.15, 0.2) is 42.5 Å². The number of carbonyl (C=O) groups excluding carboxylic acids is 1. The quantitative estimate of drug-likeness (QED) is 0.383. The summed E-state index contributed by atoms with van der Waals surface area (Å²) in [5.41, 5.74) is 0.347. The summed E-state index contributed by atoms with van der Waals surface area (Å²) in [5, 5.41) is 0. The lowest BCUT2D eigenvalue weighted by Crippen LogP contribution is -2.09. The lowest BCUT2D eigenvalue weighted by molar-refractivity contribution is -0.0790. The highest BCUT2D eigenvalue weighted by molar-refractivity contribution is 5.91. The molecule has 26 heavy (non-hydrogen) atoms. The van der Waals surface area contributed by atoms with E-state index in [9.17, 15) is 26.7 Å². The maximum Gasteiger partial charge on any atom is 0.409 e. The number of rotatable bonds is 5. The van der Waals surface area contributed by atoms with Gasteiger partial charge in [0.05, 0.1) is 5.56 Å². The van der Waals surface area contributed by atoms with Crippen LogP contribution in [0.4, 0.5) is 22.0 Å². The highest BCUT2D eigenvalue weighted by Crippen LogP contribution is 2.25. The number of halogens is 5. The first-order valence-corrected chi connectivity index (χ1v) is 7.75. The van der Waals surface area contributed by atoms with Crippen LogP contribution in [0.3, 0.4) is 0 Å². The molecule has 0 aromatic heterocycles. The molecule has 0 fully saturated rings. The number of alkyl halides is 3. The first kappa shape index (κ1) is 19.6. The zero-order chi connectivity index (χ0) is 19.3.